The summed E-state index contributed by atoms with van der Waals surface area (Å²) in [6, 6.07) is 16.5. The topological polar surface area (TPSA) is 111 Å². The highest BCUT2D eigenvalue weighted by atomic mass is 16.6. The number of carbonyl (C=O) groups is 2. The fraction of sp³-hybridized carbons (Fsp3) is 0.517. The number of carbonyl (C=O) groups excluding carboxylic acids is 2. The number of benzene rings is 2. The molecular weight excluding hydrogens is 506 g/mol. The number of esters is 1. The molecule has 1 aliphatic rings. The number of methoxy groups -OCH3 is 1. The Labute approximate surface area is 229 Å². The van der Waals surface area contributed by atoms with Crippen LogP contribution >= 0.6 is 0 Å². The zero-order valence-corrected chi connectivity index (χ0v) is 22.6. The first-order valence-electron chi connectivity index (χ1n) is 13.2. The number of hydrogen-bond acceptors (Lipinski definition) is 9. The summed E-state index contributed by atoms with van der Waals surface area (Å²) in [5.41, 5.74) is 4.80. The Morgan fingerprint density at radius 3 is 1.72 bits per heavy atom. The molecule has 0 radical (unpaired) electrons. The fourth-order valence-corrected chi connectivity index (χ4v) is 4.11. The lowest BCUT2D eigenvalue weighted by Gasteiger charge is -2.14. The van der Waals surface area contributed by atoms with Crippen molar-refractivity contribution in [3.8, 4) is 11.1 Å². The first-order chi connectivity index (χ1) is 19.2. The van der Waals surface area contributed by atoms with E-state index in [4.69, 9.17) is 28.4 Å². The van der Waals surface area contributed by atoms with Gasteiger partial charge in [0.05, 0.1) is 60.0 Å². The number of ether oxygens (including phenoxy) is 7. The van der Waals surface area contributed by atoms with Crippen LogP contribution in [0.1, 0.15) is 23.5 Å². The summed E-state index contributed by atoms with van der Waals surface area (Å²) in [7, 11) is 1.31. The summed E-state index contributed by atoms with van der Waals surface area (Å²) in [5.74, 6) is -0.359. The van der Waals surface area contributed by atoms with Crippen LogP contribution in [0.3, 0.4) is 0 Å². The van der Waals surface area contributed by atoms with E-state index in [0.717, 1.165) is 0 Å². The highest BCUT2D eigenvalue weighted by Gasteiger charge is 2.28. The third-order valence-corrected chi connectivity index (χ3v) is 6.01. The van der Waals surface area contributed by atoms with Gasteiger partial charge in [-0.3, -0.25) is 0 Å². The second-order valence-electron chi connectivity index (χ2n) is 8.68. The van der Waals surface area contributed by atoms with Crippen molar-refractivity contribution in [3.63, 3.8) is 0 Å². The molecule has 10 heteroatoms. The van der Waals surface area contributed by atoms with E-state index in [9.17, 15) is 9.59 Å². The van der Waals surface area contributed by atoms with Crippen molar-refractivity contribution in [1.82, 2.24) is 5.32 Å². The lowest BCUT2D eigenvalue weighted by Crippen LogP contribution is -2.27. The van der Waals surface area contributed by atoms with E-state index in [1.807, 2.05) is 24.3 Å². The highest BCUT2D eigenvalue weighted by molar-refractivity contribution is 5.79. The molecule has 0 unspecified atom stereocenters. The number of hydrogen-bond donors (Lipinski definition) is 1. The summed E-state index contributed by atoms with van der Waals surface area (Å²) in [6.07, 6.45) is 0.263. The Morgan fingerprint density at radius 1 is 0.692 bits per heavy atom. The van der Waals surface area contributed by atoms with Crippen LogP contribution in [0, 0.1) is 0 Å². The average Bonchev–Trinajstić information content (AvgIpc) is 3.28. The molecule has 10 nitrogen and oxygen atoms in total. The summed E-state index contributed by atoms with van der Waals surface area (Å²) in [6.45, 7) is 4.70. The van der Waals surface area contributed by atoms with Crippen LogP contribution in [0.25, 0.3) is 11.1 Å². The van der Waals surface area contributed by atoms with Gasteiger partial charge in [-0.05, 0) is 28.7 Å². The summed E-state index contributed by atoms with van der Waals surface area (Å²) >= 11 is 0. The Bertz CT molecular complexity index is 955. The molecule has 0 spiro atoms. The maximum atomic E-state index is 12.2. The van der Waals surface area contributed by atoms with Crippen molar-refractivity contribution in [2.75, 3.05) is 86.3 Å². The van der Waals surface area contributed by atoms with Crippen molar-refractivity contribution in [3.05, 3.63) is 59.7 Å². The van der Waals surface area contributed by atoms with Crippen LogP contribution < -0.4 is 5.32 Å². The second-order valence-corrected chi connectivity index (χ2v) is 8.68. The van der Waals surface area contributed by atoms with Gasteiger partial charge in [-0.25, -0.2) is 9.59 Å². The van der Waals surface area contributed by atoms with Gasteiger partial charge in [0.15, 0.2) is 0 Å². The predicted octanol–water partition coefficient (Wildman–Crippen LogP) is 3.17. The van der Waals surface area contributed by atoms with Crippen molar-refractivity contribution < 1.29 is 42.7 Å². The van der Waals surface area contributed by atoms with Crippen LogP contribution in [0.5, 0.6) is 0 Å². The van der Waals surface area contributed by atoms with Gasteiger partial charge in [0, 0.05) is 19.1 Å². The molecule has 39 heavy (non-hydrogen) atoms. The SMILES string of the molecule is COC(=O)COCCOCCOCCOCCOCCCNC(=O)OCC1c2ccccc2-c2ccccc21. The van der Waals surface area contributed by atoms with Crippen LogP contribution in [0.15, 0.2) is 48.5 Å². The number of fused-ring (bicyclic) bond motifs is 3. The van der Waals surface area contributed by atoms with Crippen molar-refractivity contribution in [2.45, 2.75) is 12.3 Å². The summed E-state index contributed by atoms with van der Waals surface area (Å²) < 4.78 is 36.8. The minimum absolute atomic E-state index is 0.0516. The van der Waals surface area contributed by atoms with Gasteiger partial charge in [0.2, 0.25) is 0 Å². The normalized spacial score (nSPS) is 12.1. The molecule has 0 aliphatic heterocycles. The van der Waals surface area contributed by atoms with Gasteiger partial charge in [0.1, 0.15) is 13.2 Å². The van der Waals surface area contributed by atoms with Crippen LogP contribution in [0.4, 0.5) is 4.79 Å². The smallest absolute Gasteiger partial charge is 0.407 e. The Morgan fingerprint density at radius 2 is 1.18 bits per heavy atom. The zero-order chi connectivity index (χ0) is 27.5. The monoisotopic (exact) mass is 545 g/mol. The minimum Gasteiger partial charge on any atom is -0.467 e. The van der Waals surface area contributed by atoms with Crippen molar-refractivity contribution >= 4 is 12.1 Å². The van der Waals surface area contributed by atoms with Crippen molar-refractivity contribution in [2.24, 2.45) is 0 Å². The van der Waals surface area contributed by atoms with E-state index in [1.54, 1.807) is 0 Å². The van der Waals surface area contributed by atoms with E-state index in [0.29, 0.717) is 79.0 Å². The largest absolute Gasteiger partial charge is 0.467 e. The highest BCUT2D eigenvalue weighted by Crippen LogP contribution is 2.44. The van der Waals surface area contributed by atoms with Gasteiger partial charge >= 0.3 is 12.1 Å². The Balaban J connectivity index is 1.10. The van der Waals surface area contributed by atoms with Crippen LogP contribution in [0.2, 0.25) is 0 Å². The van der Waals surface area contributed by atoms with E-state index in [-0.39, 0.29) is 12.5 Å². The van der Waals surface area contributed by atoms with Gasteiger partial charge in [0.25, 0.3) is 0 Å². The molecule has 0 fully saturated rings. The first-order valence-corrected chi connectivity index (χ1v) is 13.2. The standard InChI is InChI=1S/C29H39NO9/c1-33-28(31)22-38-20-19-37-18-17-36-16-15-35-14-13-34-12-6-11-30-29(32)39-21-27-25-9-4-2-7-23(25)24-8-3-5-10-26(24)27/h2-5,7-10,27H,6,11-22H2,1H3,(H,30,32). The molecule has 3 rings (SSSR count). The zero-order valence-electron chi connectivity index (χ0n) is 22.6. The molecule has 0 saturated heterocycles. The van der Waals surface area contributed by atoms with Crippen LogP contribution in [-0.2, 0) is 38.0 Å². The summed E-state index contributed by atoms with van der Waals surface area (Å²) in [4.78, 5) is 23.0. The van der Waals surface area contributed by atoms with Gasteiger partial charge < -0.3 is 38.5 Å². The second kappa shape index (κ2) is 18.3. The molecule has 1 amide bonds. The van der Waals surface area contributed by atoms with Gasteiger partial charge in [-0.1, -0.05) is 48.5 Å². The molecule has 214 valence electrons. The van der Waals surface area contributed by atoms with E-state index >= 15 is 0 Å². The minimum atomic E-state index is -0.419. The molecule has 0 aromatic heterocycles. The summed E-state index contributed by atoms with van der Waals surface area (Å²) in [5, 5.41) is 2.79. The molecular formula is C29H39NO9. The third-order valence-electron chi connectivity index (χ3n) is 6.01. The molecule has 1 aliphatic carbocycles. The molecule has 0 bridgehead atoms. The first kappa shape index (κ1) is 30.5. The predicted molar refractivity (Wildman–Crippen MR) is 144 cm³/mol. The number of rotatable bonds is 20. The van der Waals surface area contributed by atoms with Crippen molar-refractivity contribution in [1.29, 1.82) is 0 Å². The molecule has 2 aromatic carbocycles. The third kappa shape index (κ3) is 10.9. The fourth-order valence-electron chi connectivity index (χ4n) is 4.11. The quantitative estimate of drug-likeness (QED) is 0.198. The van der Waals surface area contributed by atoms with Crippen LogP contribution in [-0.4, -0.2) is 98.4 Å². The molecule has 0 heterocycles. The average molecular weight is 546 g/mol. The van der Waals surface area contributed by atoms with E-state index in [2.05, 4.69) is 34.3 Å². The molecule has 2 aromatic rings. The van der Waals surface area contributed by atoms with Gasteiger partial charge in [-0.2, -0.15) is 0 Å². The lowest BCUT2D eigenvalue weighted by atomic mass is 9.98. The number of amides is 1. The van der Waals surface area contributed by atoms with E-state index in [1.165, 1.54) is 29.4 Å². The molecule has 0 atom stereocenters. The maximum absolute atomic E-state index is 12.2. The maximum Gasteiger partial charge on any atom is 0.407 e. The molecule has 0 saturated carbocycles. The molecule has 1 N–H and O–H groups in total. The van der Waals surface area contributed by atoms with Gasteiger partial charge in [-0.15, -0.1) is 0 Å². The number of alkyl carbamates (subject to hydrolysis) is 1. The van der Waals surface area contributed by atoms with E-state index < -0.39 is 12.1 Å². The number of nitrogens with one attached hydrogen (secondary N) is 1. The lowest BCUT2D eigenvalue weighted by molar-refractivity contribution is -0.146. The Kier molecular flexibility index (Phi) is 14.3. The Hall–Kier alpha value is -3.02.